The van der Waals surface area contributed by atoms with E-state index in [1.807, 2.05) is 0 Å². The molecule has 0 aromatic heterocycles. The van der Waals surface area contributed by atoms with Gasteiger partial charge in [0.25, 0.3) is 0 Å². The van der Waals surface area contributed by atoms with E-state index in [4.69, 9.17) is 15.9 Å². The van der Waals surface area contributed by atoms with Gasteiger partial charge < -0.3 is 10.5 Å². The van der Waals surface area contributed by atoms with E-state index >= 15 is 0 Å². The topological polar surface area (TPSA) is 93.2 Å². The van der Waals surface area contributed by atoms with E-state index in [2.05, 4.69) is 15.9 Å². The third kappa shape index (κ3) is 3.83. The highest BCUT2D eigenvalue weighted by Gasteiger charge is 2.11. The fourth-order valence-corrected chi connectivity index (χ4v) is 2.69. The Morgan fingerprint density at radius 2 is 1.95 bits per heavy atom. The van der Waals surface area contributed by atoms with Crippen molar-refractivity contribution in [1.29, 1.82) is 5.41 Å². The van der Waals surface area contributed by atoms with Gasteiger partial charge >= 0.3 is 0 Å². The maximum atomic E-state index is 11.5. The van der Waals surface area contributed by atoms with Crippen LogP contribution in [-0.2, 0) is 9.84 Å². The van der Waals surface area contributed by atoms with Crippen LogP contribution in [0.25, 0.3) is 0 Å². The molecule has 21 heavy (non-hydrogen) atoms. The molecule has 0 aliphatic carbocycles. The molecule has 2 aromatic carbocycles. The molecule has 0 saturated carbocycles. The summed E-state index contributed by atoms with van der Waals surface area (Å²) in [6.45, 7) is 0. The van der Waals surface area contributed by atoms with Crippen LogP contribution in [0.15, 0.2) is 51.8 Å². The van der Waals surface area contributed by atoms with Crippen LogP contribution in [0.2, 0.25) is 0 Å². The first-order valence-electron chi connectivity index (χ1n) is 5.89. The number of hydrogen-bond acceptors (Lipinski definition) is 4. The molecule has 0 unspecified atom stereocenters. The molecule has 0 fully saturated rings. The monoisotopic (exact) mass is 368 g/mol. The summed E-state index contributed by atoms with van der Waals surface area (Å²) in [7, 11) is -3.31. The molecule has 0 spiro atoms. The number of hydrogen-bond donors (Lipinski definition) is 2. The van der Waals surface area contributed by atoms with Crippen molar-refractivity contribution in [2.24, 2.45) is 5.73 Å². The molecule has 0 amide bonds. The minimum atomic E-state index is -3.31. The Morgan fingerprint density at radius 3 is 2.57 bits per heavy atom. The van der Waals surface area contributed by atoms with Gasteiger partial charge in [0.15, 0.2) is 9.84 Å². The lowest BCUT2D eigenvalue weighted by molar-refractivity contribution is 0.479. The van der Waals surface area contributed by atoms with E-state index in [-0.39, 0.29) is 10.7 Å². The number of benzene rings is 2. The lowest BCUT2D eigenvalue weighted by atomic mass is 10.2. The highest BCUT2D eigenvalue weighted by Crippen LogP contribution is 2.29. The van der Waals surface area contributed by atoms with Gasteiger partial charge in [-0.1, -0.05) is 22.0 Å². The summed E-state index contributed by atoms with van der Waals surface area (Å²) in [5.41, 5.74) is 5.94. The fraction of sp³-hybridized carbons (Fsp3) is 0.0714. The van der Waals surface area contributed by atoms with Crippen LogP contribution >= 0.6 is 15.9 Å². The zero-order chi connectivity index (χ0) is 15.6. The zero-order valence-corrected chi connectivity index (χ0v) is 13.5. The van der Waals surface area contributed by atoms with Gasteiger partial charge in [-0.25, -0.2) is 8.42 Å². The molecule has 110 valence electrons. The average Bonchev–Trinajstić information content (AvgIpc) is 2.37. The van der Waals surface area contributed by atoms with Gasteiger partial charge in [-0.2, -0.15) is 0 Å². The van der Waals surface area contributed by atoms with Crippen molar-refractivity contribution in [2.45, 2.75) is 4.90 Å². The second kappa shape index (κ2) is 5.87. The van der Waals surface area contributed by atoms with Gasteiger partial charge in [0.2, 0.25) is 0 Å². The second-order valence-electron chi connectivity index (χ2n) is 4.40. The summed E-state index contributed by atoms with van der Waals surface area (Å²) in [6, 6.07) is 11.2. The minimum absolute atomic E-state index is 0.128. The minimum Gasteiger partial charge on any atom is -0.457 e. The van der Waals surface area contributed by atoms with Gasteiger partial charge in [0.05, 0.1) is 10.5 Å². The Balaban J connectivity index is 2.43. The third-order valence-corrected chi connectivity index (χ3v) is 4.30. The molecule has 0 radical (unpaired) electrons. The Hall–Kier alpha value is -1.86. The highest BCUT2D eigenvalue weighted by molar-refractivity contribution is 9.10. The van der Waals surface area contributed by atoms with Crippen LogP contribution in [0, 0.1) is 5.41 Å². The SMILES string of the molecule is CS(=O)(=O)c1cccc(Oc2cc(Br)ccc2C(=N)N)c1. The molecular formula is C14H13BrN2O3S. The first-order chi connectivity index (χ1) is 9.77. The lowest BCUT2D eigenvalue weighted by Gasteiger charge is -2.11. The lowest BCUT2D eigenvalue weighted by Crippen LogP contribution is -2.12. The van der Waals surface area contributed by atoms with Crippen molar-refractivity contribution in [1.82, 2.24) is 0 Å². The number of nitrogen functional groups attached to an aromatic ring is 1. The first-order valence-corrected chi connectivity index (χ1v) is 8.58. The van der Waals surface area contributed by atoms with Crippen molar-refractivity contribution in [3.05, 3.63) is 52.5 Å². The van der Waals surface area contributed by atoms with E-state index in [0.717, 1.165) is 10.7 Å². The largest absolute Gasteiger partial charge is 0.457 e. The Labute approximate surface area is 131 Å². The van der Waals surface area contributed by atoms with Gasteiger partial charge in [0, 0.05) is 10.7 Å². The highest BCUT2D eigenvalue weighted by atomic mass is 79.9. The Kier molecular flexibility index (Phi) is 4.34. The molecule has 3 N–H and O–H groups in total. The van der Waals surface area contributed by atoms with Gasteiger partial charge in [-0.05, 0) is 36.4 Å². The summed E-state index contributed by atoms with van der Waals surface area (Å²) in [4.78, 5) is 0.166. The maximum absolute atomic E-state index is 11.5. The third-order valence-electron chi connectivity index (χ3n) is 2.70. The van der Waals surface area contributed by atoms with Crippen molar-refractivity contribution in [2.75, 3.05) is 6.26 Å². The maximum Gasteiger partial charge on any atom is 0.175 e. The smallest absolute Gasteiger partial charge is 0.175 e. The van der Waals surface area contributed by atoms with Gasteiger partial charge in [-0.3, -0.25) is 5.41 Å². The zero-order valence-electron chi connectivity index (χ0n) is 11.1. The van der Waals surface area contributed by atoms with Crippen LogP contribution in [0.5, 0.6) is 11.5 Å². The van der Waals surface area contributed by atoms with Crippen molar-refractivity contribution < 1.29 is 13.2 Å². The molecule has 0 aliphatic heterocycles. The first kappa shape index (κ1) is 15.5. The standard InChI is InChI=1S/C14H13BrN2O3S/c1-21(18,19)11-4-2-3-10(8-11)20-13-7-9(15)5-6-12(13)14(16)17/h2-8H,1H3,(H3,16,17). The van der Waals surface area contributed by atoms with Crippen molar-refractivity contribution in [3.63, 3.8) is 0 Å². The summed E-state index contributed by atoms with van der Waals surface area (Å²) < 4.78 is 29.5. The van der Waals surface area contributed by atoms with Gasteiger partial charge in [-0.15, -0.1) is 0 Å². The van der Waals surface area contributed by atoms with E-state index < -0.39 is 9.84 Å². The number of sulfone groups is 1. The fourth-order valence-electron chi connectivity index (χ4n) is 1.70. The predicted octanol–water partition coefficient (Wildman–Crippen LogP) is 2.93. The molecule has 0 aliphatic rings. The number of ether oxygens (including phenoxy) is 1. The summed E-state index contributed by atoms with van der Waals surface area (Å²) in [5, 5.41) is 7.54. The van der Waals surface area contributed by atoms with E-state index in [9.17, 15) is 8.42 Å². The molecule has 7 heteroatoms. The number of rotatable bonds is 4. The molecule has 5 nitrogen and oxygen atoms in total. The van der Waals surface area contributed by atoms with E-state index in [1.165, 1.54) is 12.1 Å². The summed E-state index contributed by atoms with van der Waals surface area (Å²) in [5.74, 6) is 0.609. The second-order valence-corrected chi connectivity index (χ2v) is 7.33. The molecule has 0 saturated heterocycles. The van der Waals surface area contributed by atoms with Crippen LogP contribution in [0.1, 0.15) is 5.56 Å². The summed E-state index contributed by atoms with van der Waals surface area (Å²) in [6.07, 6.45) is 1.13. The average molecular weight is 369 g/mol. The molecule has 0 bridgehead atoms. The van der Waals surface area contributed by atoms with Crippen LogP contribution < -0.4 is 10.5 Å². The van der Waals surface area contributed by atoms with Gasteiger partial charge in [0.1, 0.15) is 17.3 Å². The predicted molar refractivity (Wildman–Crippen MR) is 84.8 cm³/mol. The summed E-state index contributed by atoms with van der Waals surface area (Å²) >= 11 is 3.32. The molecule has 0 heterocycles. The normalized spacial score (nSPS) is 11.1. The molecule has 2 aromatic rings. The molecule has 0 atom stereocenters. The number of halogens is 1. The number of nitrogens with one attached hydrogen (secondary N) is 1. The van der Waals surface area contributed by atoms with Crippen LogP contribution in [0.4, 0.5) is 0 Å². The Bertz CT molecular complexity index is 804. The number of nitrogens with two attached hydrogens (primary N) is 1. The van der Waals surface area contributed by atoms with Crippen molar-refractivity contribution >= 4 is 31.6 Å². The molecule has 2 rings (SSSR count). The number of amidine groups is 1. The van der Waals surface area contributed by atoms with Crippen molar-refractivity contribution in [3.8, 4) is 11.5 Å². The quantitative estimate of drug-likeness (QED) is 0.640. The van der Waals surface area contributed by atoms with E-state index in [1.54, 1.807) is 30.3 Å². The Morgan fingerprint density at radius 1 is 1.24 bits per heavy atom. The van der Waals surface area contributed by atoms with Crippen LogP contribution in [0.3, 0.4) is 0 Å². The van der Waals surface area contributed by atoms with Crippen LogP contribution in [-0.4, -0.2) is 20.5 Å². The van der Waals surface area contributed by atoms with E-state index in [0.29, 0.717) is 17.1 Å². The molecular weight excluding hydrogens is 356 g/mol.